The number of para-hydroxylation sites is 1. The van der Waals surface area contributed by atoms with Crippen molar-refractivity contribution in [2.45, 2.75) is 6.54 Å². The van der Waals surface area contributed by atoms with Gasteiger partial charge < -0.3 is 15.2 Å². The quantitative estimate of drug-likeness (QED) is 0.835. The van der Waals surface area contributed by atoms with Crippen LogP contribution in [-0.4, -0.2) is 27.7 Å². The molecule has 94 valence electrons. The molecular weight excluding hydrogens is 230 g/mol. The average Bonchev–Trinajstić information content (AvgIpc) is 2.81. The lowest BCUT2D eigenvalue weighted by Gasteiger charge is -2.09. The van der Waals surface area contributed by atoms with Crippen molar-refractivity contribution in [1.82, 2.24) is 20.1 Å². The van der Waals surface area contributed by atoms with E-state index in [1.165, 1.54) is 0 Å². The largest absolute Gasteiger partial charge is 0.387 e. The summed E-state index contributed by atoms with van der Waals surface area (Å²) in [5.41, 5.74) is 1.41. The summed E-state index contributed by atoms with van der Waals surface area (Å²) in [4.78, 5) is 12.0. The van der Waals surface area contributed by atoms with E-state index in [1.54, 1.807) is 24.0 Å². The van der Waals surface area contributed by atoms with Crippen molar-refractivity contribution in [1.29, 1.82) is 0 Å². The molecule has 0 bridgehead atoms. The van der Waals surface area contributed by atoms with Gasteiger partial charge in [-0.15, -0.1) is 10.2 Å². The molecule has 0 saturated carbocycles. The van der Waals surface area contributed by atoms with E-state index in [-0.39, 0.29) is 5.91 Å². The fourth-order valence-electron chi connectivity index (χ4n) is 1.62. The third-order valence-electron chi connectivity index (χ3n) is 2.65. The predicted octanol–water partition coefficient (Wildman–Crippen LogP) is 0.787. The van der Waals surface area contributed by atoms with Crippen molar-refractivity contribution >= 4 is 11.6 Å². The molecule has 1 heterocycles. The highest BCUT2D eigenvalue weighted by molar-refractivity contribution is 5.99. The van der Waals surface area contributed by atoms with Crippen LogP contribution in [0.15, 0.2) is 30.6 Å². The molecule has 0 aliphatic rings. The van der Waals surface area contributed by atoms with Crippen LogP contribution in [0.4, 0.5) is 5.69 Å². The second-order valence-electron chi connectivity index (χ2n) is 3.84. The van der Waals surface area contributed by atoms with Crippen LogP contribution in [0, 0.1) is 0 Å². The number of anilines is 1. The Labute approximate surface area is 105 Å². The van der Waals surface area contributed by atoms with Gasteiger partial charge in [-0.3, -0.25) is 4.79 Å². The molecule has 0 fully saturated rings. The van der Waals surface area contributed by atoms with Crippen molar-refractivity contribution in [3.63, 3.8) is 0 Å². The van der Waals surface area contributed by atoms with Gasteiger partial charge in [-0.2, -0.15) is 0 Å². The second-order valence-corrected chi connectivity index (χ2v) is 3.84. The summed E-state index contributed by atoms with van der Waals surface area (Å²) in [6.07, 6.45) is 1.60. The van der Waals surface area contributed by atoms with E-state index in [9.17, 15) is 4.79 Å². The fourth-order valence-corrected chi connectivity index (χ4v) is 1.62. The van der Waals surface area contributed by atoms with E-state index < -0.39 is 0 Å². The molecule has 0 aliphatic carbocycles. The number of hydrogen-bond acceptors (Lipinski definition) is 4. The Balaban J connectivity index is 2.06. The van der Waals surface area contributed by atoms with Crippen LogP contribution in [-0.2, 0) is 13.6 Å². The molecule has 0 atom stereocenters. The number of amides is 1. The van der Waals surface area contributed by atoms with Crippen LogP contribution in [0.2, 0.25) is 0 Å². The van der Waals surface area contributed by atoms with Crippen LogP contribution in [0.5, 0.6) is 0 Å². The monoisotopic (exact) mass is 245 g/mol. The molecule has 1 aromatic heterocycles. The molecule has 0 spiro atoms. The molecule has 0 radical (unpaired) electrons. The third kappa shape index (κ3) is 2.48. The first-order valence-electron chi connectivity index (χ1n) is 5.60. The summed E-state index contributed by atoms with van der Waals surface area (Å²) < 4.78 is 1.77. The SMILES string of the molecule is CNc1ccccc1C(=O)NCc1nncn1C. The molecular formula is C12H15N5O. The molecule has 0 aliphatic heterocycles. The molecule has 6 nitrogen and oxygen atoms in total. The highest BCUT2D eigenvalue weighted by Gasteiger charge is 2.10. The van der Waals surface area contributed by atoms with Crippen molar-refractivity contribution in [2.75, 3.05) is 12.4 Å². The molecule has 0 saturated heterocycles. The molecule has 0 unspecified atom stereocenters. The molecule has 1 amide bonds. The van der Waals surface area contributed by atoms with Crippen molar-refractivity contribution < 1.29 is 4.79 Å². The zero-order chi connectivity index (χ0) is 13.0. The summed E-state index contributed by atoms with van der Waals surface area (Å²) in [7, 11) is 3.62. The zero-order valence-corrected chi connectivity index (χ0v) is 10.3. The third-order valence-corrected chi connectivity index (χ3v) is 2.65. The highest BCUT2D eigenvalue weighted by atomic mass is 16.1. The lowest BCUT2D eigenvalue weighted by atomic mass is 10.1. The van der Waals surface area contributed by atoms with Gasteiger partial charge in [0.15, 0.2) is 5.82 Å². The number of carbonyl (C=O) groups is 1. The molecule has 2 N–H and O–H groups in total. The number of benzene rings is 1. The Bertz CT molecular complexity index is 549. The van der Waals surface area contributed by atoms with Crippen molar-refractivity contribution in [3.05, 3.63) is 42.0 Å². The van der Waals surface area contributed by atoms with Gasteiger partial charge in [0.25, 0.3) is 5.91 Å². The lowest BCUT2D eigenvalue weighted by molar-refractivity contribution is 0.0950. The van der Waals surface area contributed by atoms with Gasteiger partial charge in [0.2, 0.25) is 0 Å². The highest BCUT2D eigenvalue weighted by Crippen LogP contribution is 2.13. The number of carbonyl (C=O) groups excluding carboxylic acids is 1. The Morgan fingerprint density at radius 2 is 2.17 bits per heavy atom. The Hall–Kier alpha value is -2.37. The normalized spacial score (nSPS) is 10.1. The Morgan fingerprint density at radius 1 is 1.39 bits per heavy atom. The van der Waals surface area contributed by atoms with Gasteiger partial charge in [0.05, 0.1) is 12.1 Å². The smallest absolute Gasteiger partial charge is 0.253 e. The van der Waals surface area contributed by atoms with Crippen molar-refractivity contribution in [2.24, 2.45) is 7.05 Å². The summed E-state index contributed by atoms with van der Waals surface area (Å²) in [6, 6.07) is 7.35. The number of aryl methyl sites for hydroxylation is 1. The van der Waals surface area contributed by atoms with E-state index in [1.807, 2.05) is 25.2 Å². The molecule has 6 heteroatoms. The molecule has 1 aromatic carbocycles. The number of aromatic nitrogens is 3. The number of nitrogens with zero attached hydrogens (tertiary/aromatic N) is 3. The summed E-state index contributed by atoms with van der Waals surface area (Å²) in [6.45, 7) is 0.355. The predicted molar refractivity (Wildman–Crippen MR) is 68.2 cm³/mol. The Kier molecular flexibility index (Phi) is 3.57. The summed E-state index contributed by atoms with van der Waals surface area (Å²) in [5, 5.41) is 13.5. The van der Waals surface area contributed by atoms with Gasteiger partial charge in [-0.05, 0) is 12.1 Å². The van der Waals surface area contributed by atoms with Crippen LogP contribution in [0.3, 0.4) is 0 Å². The standard InChI is InChI=1S/C12H15N5O/c1-13-10-6-4-3-5-9(10)12(18)14-7-11-16-15-8-17(11)2/h3-6,8,13H,7H2,1-2H3,(H,14,18). The Morgan fingerprint density at radius 3 is 2.83 bits per heavy atom. The van der Waals surface area contributed by atoms with Crippen molar-refractivity contribution in [3.8, 4) is 0 Å². The maximum Gasteiger partial charge on any atom is 0.253 e. The summed E-state index contributed by atoms with van der Waals surface area (Å²) >= 11 is 0. The number of rotatable bonds is 4. The van der Waals surface area contributed by atoms with Gasteiger partial charge >= 0.3 is 0 Å². The first-order valence-corrected chi connectivity index (χ1v) is 5.60. The van der Waals surface area contributed by atoms with E-state index >= 15 is 0 Å². The minimum Gasteiger partial charge on any atom is -0.387 e. The lowest BCUT2D eigenvalue weighted by Crippen LogP contribution is -2.25. The van der Waals surface area contributed by atoms with Crippen LogP contribution in [0.1, 0.15) is 16.2 Å². The minimum absolute atomic E-state index is 0.136. The van der Waals surface area contributed by atoms with E-state index in [0.717, 1.165) is 5.69 Å². The van der Waals surface area contributed by atoms with E-state index in [0.29, 0.717) is 17.9 Å². The maximum absolute atomic E-state index is 12.0. The first kappa shape index (κ1) is 12.1. The van der Waals surface area contributed by atoms with Crippen LogP contribution in [0.25, 0.3) is 0 Å². The van der Waals surface area contributed by atoms with E-state index in [4.69, 9.17) is 0 Å². The average molecular weight is 245 g/mol. The van der Waals surface area contributed by atoms with Crippen LogP contribution >= 0.6 is 0 Å². The van der Waals surface area contributed by atoms with Gasteiger partial charge in [-0.1, -0.05) is 12.1 Å². The van der Waals surface area contributed by atoms with Crippen LogP contribution < -0.4 is 10.6 Å². The van der Waals surface area contributed by atoms with Gasteiger partial charge in [0.1, 0.15) is 6.33 Å². The first-order chi connectivity index (χ1) is 8.72. The number of hydrogen-bond donors (Lipinski definition) is 2. The topological polar surface area (TPSA) is 71.8 Å². The molecule has 2 aromatic rings. The number of nitrogens with one attached hydrogen (secondary N) is 2. The second kappa shape index (κ2) is 5.31. The maximum atomic E-state index is 12.0. The van der Waals surface area contributed by atoms with Gasteiger partial charge in [0, 0.05) is 19.8 Å². The zero-order valence-electron chi connectivity index (χ0n) is 10.3. The minimum atomic E-state index is -0.136. The molecule has 18 heavy (non-hydrogen) atoms. The fraction of sp³-hybridized carbons (Fsp3) is 0.250. The van der Waals surface area contributed by atoms with Gasteiger partial charge in [-0.25, -0.2) is 0 Å². The molecule has 2 rings (SSSR count). The summed E-state index contributed by atoms with van der Waals surface area (Å²) in [5.74, 6) is 0.577. The van der Waals surface area contributed by atoms with E-state index in [2.05, 4.69) is 20.8 Å².